The molecule has 0 saturated heterocycles. The Hall–Kier alpha value is -4.90. The number of fused-ring (bicyclic) bond motifs is 3. The number of anilines is 1. The summed E-state index contributed by atoms with van der Waals surface area (Å²) in [4.78, 5) is 30.3. The van der Waals surface area contributed by atoms with Gasteiger partial charge in [0.25, 0.3) is 0 Å². The summed E-state index contributed by atoms with van der Waals surface area (Å²) in [7, 11) is 3.12. The minimum Gasteiger partial charge on any atom is -0.494 e. The molecule has 240 valence electrons. The standard InChI is InChI=1S/C34H37ClN6O5/c1-5-36-32(43)20-27-34-40-39-21(2)41(34)28-15-14-25(19-26(28)33(38-27)22-9-11-23(35)12-10-22)46-17-7-6-8-31(42)37-24-13-16-29(44-3)30(18-24)45-4/h9-16,18-19,27H,5-8,17,20H2,1-4H3,(H,36,43)(H,37,42)/t27-/m0/s1. The van der Waals surface area contributed by atoms with Crippen LogP contribution in [0.4, 0.5) is 5.69 Å². The molecule has 1 aliphatic rings. The van der Waals surface area contributed by atoms with Crippen molar-refractivity contribution in [2.24, 2.45) is 4.99 Å². The van der Waals surface area contributed by atoms with Crippen LogP contribution in [0.2, 0.25) is 5.02 Å². The van der Waals surface area contributed by atoms with Gasteiger partial charge in [0, 0.05) is 40.9 Å². The van der Waals surface area contributed by atoms with Crippen LogP contribution in [0.1, 0.15) is 61.4 Å². The first-order chi connectivity index (χ1) is 22.3. The molecule has 0 radical (unpaired) electrons. The number of hydrogen-bond donors (Lipinski definition) is 2. The Bertz CT molecular complexity index is 1740. The number of carbonyl (C=O) groups is 2. The van der Waals surface area contributed by atoms with Gasteiger partial charge in [-0.15, -0.1) is 10.2 Å². The van der Waals surface area contributed by atoms with Crippen LogP contribution in [0.3, 0.4) is 0 Å². The number of aliphatic imine (C=N–C) groups is 1. The number of unbranched alkanes of at least 4 members (excludes halogenated alkanes) is 1. The Morgan fingerprint density at radius 3 is 2.46 bits per heavy atom. The number of carbonyl (C=O) groups excluding carboxylic acids is 2. The summed E-state index contributed by atoms with van der Waals surface area (Å²) >= 11 is 6.21. The number of rotatable bonds is 13. The van der Waals surface area contributed by atoms with E-state index in [1.54, 1.807) is 32.4 Å². The maximum atomic E-state index is 12.7. The van der Waals surface area contributed by atoms with Crippen LogP contribution >= 0.6 is 11.6 Å². The van der Waals surface area contributed by atoms with E-state index in [1.165, 1.54) is 0 Å². The third-order valence-corrected chi connectivity index (χ3v) is 7.75. The Kier molecular flexibility index (Phi) is 10.5. The zero-order valence-corrected chi connectivity index (χ0v) is 27.1. The van der Waals surface area contributed by atoms with Crippen molar-refractivity contribution in [3.05, 3.63) is 88.5 Å². The van der Waals surface area contributed by atoms with Gasteiger partial charge in [-0.2, -0.15) is 0 Å². The predicted octanol–water partition coefficient (Wildman–Crippen LogP) is 5.85. The number of nitrogens with zero attached hydrogens (tertiary/aromatic N) is 4. The normalized spacial score (nSPS) is 13.5. The van der Waals surface area contributed by atoms with Crippen LogP contribution in [0.25, 0.3) is 5.69 Å². The molecule has 46 heavy (non-hydrogen) atoms. The molecule has 0 fully saturated rings. The molecule has 0 bridgehead atoms. The number of hydrogen-bond acceptors (Lipinski definition) is 8. The van der Waals surface area contributed by atoms with Gasteiger partial charge in [-0.1, -0.05) is 23.7 Å². The average Bonchev–Trinajstić information content (AvgIpc) is 3.38. The summed E-state index contributed by atoms with van der Waals surface area (Å²) in [6.07, 6.45) is 1.79. The van der Waals surface area contributed by atoms with Gasteiger partial charge >= 0.3 is 0 Å². The van der Waals surface area contributed by atoms with Gasteiger partial charge in [-0.05, 0) is 69.2 Å². The fourth-order valence-electron chi connectivity index (χ4n) is 5.30. The van der Waals surface area contributed by atoms with E-state index in [2.05, 4.69) is 20.8 Å². The number of halogens is 1. The smallest absolute Gasteiger partial charge is 0.224 e. The van der Waals surface area contributed by atoms with E-state index < -0.39 is 6.04 Å². The number of amides is 2. The van der Waals surface area contributed by atoms with Crippen molar-refractivity contribution in [2.45, 2.75) is 45.6 Å². The molecule has 4 aromatic rings. The molecule has 5 rings (SSSR count). The lowest BCUT2D eigenvalue weighted by Gasteiger charge is -2.15. The Balaban J connectivity index is 1.31. The van der Waals surface area contributed by atoms with E-state index >= 15 is 0 Å². The molecule has 3 aromatic carbocycles. The van der Waals surface area contributed by atoms with Crippen LogP contribution in [-0.2, 0) is 9.59 Å². The van der Waals surface area contributed by atoms with Crippen molar-refractivity contribution >= 4 is 34.8 Å². The predicted molar refractivity (Wildman–Crippen MR) is 177 cm³/mol. The summed E-state index contributed by atoms with van der Waals surface area (Å²) < 4.78 is 18.7. The van der Waals surface area contributed by atoms with Crippen molar-refractivity contribution in [2.75, 3.05) is 32.7 Å². The summed E-state index contributed by atoms with van der Waals surface area (Å²) in [5, 5.41) is 15.1. The first-order valence-corrected chi connectivity index (χ1v) is 15.5. The topological polar surface area (TPSA) is 129 Å². The van der Waals surface area contributed by atoms with Crippen molar-refractivity contribution in [1.29, 1.82) is 0 Å². The summed E-state index contributed by atoms with van der Waals surface area (Å²) in [5.41, 5.74) is 3.84. The first kappa shape index (κ1) is 32.5. The summed E-state index contributed by atoms with van der Waals surface area (Å²) in [6, 6.07) is 18.0. The maximum absolute atomic E-state index is 12.7. The Morgan fingerprint density at radius 2 is 1.72 bits per heavy atom. The second-order valence-electron chi connectivity index (χ2n) is 10.7. The number of ether oxygens (including phenoxy) is 3. The number of methoxy groups -OCH3 is 2. The van der Waals surface area contributed by atoms with Gasteiger partial charge in [0.05, 0.1) is 38.6 Å². The van der Waals surface area contributed by atoms with E-state index in [1.807, 2.05) is 60.9 Å². The molecule has 0 saturated carbocycles. The van der Waals surface area contributed by atoms with Gasteiger partial charge in [0.1, 0.15) is 17.6 Å². The van der Waals surface area contributed by atoms with E-state index in [9.17, 15) is 9.59 Å². The lowest BCUT2D eigenvalue weighted by atomic mass is 10.00. The number of nitrogens with one attached hydrogen (secondary N) is 2. The molecule has 1 atom stereocenters. The maximum Gasteiger partial charge on any atom is 0.224 e. The molecule has 1 aliphatic heterocycles. The van der Waals surface area contributed by atoms with Gasteiger partial charge < -0.3 is 24.8 Å². The molecule has 2 amide bonds. The Labute approximate surface area is 272 Å². The van der Waals surface area contributed by atoms with Crippen molar-refractivity contribution in [3.63, 3.8) is 0 Å². The first-order valence-electron chi connectivity index (χ1n) is 15.1. The second kappa shape index (κ2) is 14.9. The van der Waals surface area contributed by atoms with Crippen LogP contribution in [0, 0.1) is 6.92 Å². The fourth-order valence-corrected chi connectivity index (χ4v) is 5.43. The van der Waals surface area contributed by atoms with Crippen molar-refractivity contribution in [1.82, 2.24) is 20.1 Å². The third kappa shape index (κ3) is 7.48. The van der Waals surface area contributed by atoms with Gasteiger partial charge in [0.2, 0.25) is 11.8 Å². The number of benzene rings is 3. The highest BCUT2D eigenvalue weighted by atomic mass is 35.5. The molecule has 0 aliphatic carbocycles. The number of aryl methyl sites for hydroxylation is 1. The van der Waals surface area contributed by atoms with Crippen molar-refractivity contribution < 1.29 is 23.8 Å². The highest BCUT2D eigenvalue weighted by Crippen LogP contribution is 2.35. The molecule has 1 aromatic heterocycles. The van der Waals surface area contributed by atoms with Crippen LogP contribution in [0.5, 0.6) is 17.2 Å². The van der Waals surface area contributed by atoms with Crippen LogP contribution in [0.15, 0.2) is 65.7 Å². The molecular weight excluding hydrogens is 608 g/mol. The van der Waals surface area contributed by atoms with E-state index in [-0.39, 0.29) is 18.2 Å². The molecule has 2 N–H and O–H groups in total. The minimum absolute atomic E-state index is 0.0941. The average molecular weight is 645 g/mol. The summed E-state index contributed by atoms with van der Waals surface area (Å²) in [6.45, 7) is 4.70. The zero-order valence-electron chi connectivity index (χ0n) is 26.3. The van der Waals surface area contributed by atoms with Gasteiger partial charge in [-0.25, -0.2) is 0 Å². The third-order valence-electron chi connectivity index (χ3n) is 7.50. The highest BCUT2D eigenvalue weighted by Gasteiger charge is 2.30. The molecule has 0 unspecified atom stereocenters. The van der Waals surface area contributed by atoms with Crippen molar-refractivity contribution in [3.8, 4) is 22.9 Å². The monoisotopic (exact) mass is 644 g/mol. The van der Waals surface area contributed by atoms with E-state index in [4.69, 9.17) is 30.8 Å². The molecule has 0 spiro atoms. The summed E-state index contributed by atoms with van der Waals surface area (Å²) in [5.74, 6) is 2.86. The van der Waals surface area contributed by atoms with E-state index in [0.29, 0.717) is 77.7 Å². The van der Waals surface area contributed by atoms with Crippen LogP contribution in [-0.4, -0.2) is 59.7 Å². The quantitative estimate of drug-likeness (QED) is 0.175. The fraction of sp³-hybridized carbons (Fsp3) is 0.324. The van der Waals surface area contributed by atoms with Gasteiger partial charge in [-0.3, -0.25) is 19.1 Å². The molecule has 11 nitrogen and oxygen atoms in total. The number of aromatic nitrogens is 3. The molecule has 12 heteroatoms. The van der Waals surface area contributed by atoms with Gasteiger partial charge in [0.15, 0.2) is 17.3 Å². The lowest BCUT2D eigenvalue weighted by Crippen LogP contribution is -2.25. The SMILES string of the molecule is CCNC(=O)C[C@@H]1N=C(c2ccc(Cl)cc2)c2cc(OCCCCC(=O)Nc3ccc(OC)c(OC)c3)ccc2-n2c(C)nnc21. The highest BCUT2D eigenvalue weighted by molar-refractivity contribution is 6.30. The van der Waals surface area contributed by atoms with Crippen LogP contribution < -0.4 is 24.8 Å². The Morgan fingerprint density at radius 1 is 0.935 bits per heavy atom. The second-order valence-corrected chi connectivity index (χ2v) is 11.1. The van der Waals surface area contributed by atoms with E-state index in [0.717, 1.165) is 16.8 Å². The minimum atomic E-state index is -0.555. The largest absolute Gasteiger partial charge is 0.494 e. The molecular formula is C34H37ClN6O5. The lowest BCUT2D eigenvalue weighted by molar-refractivity contribution is -0.121. The zero-order chi connectivity index (χ0) is 32.6. The molecule has 2 heterocycles.